The minimum Gasteiger partial charge on any atom is -0.507 e. The van der Waals surface area contributed by atoms with Crippen molar-refractivity contribution >= 4 is 17.4 Å². The predicted octanol–water partition coefficient (Wildman–Crippen LogP) is 4.97. The molecule has 2 heterocycles. The van der Waals surface area contributed by atoms with Gasteiger partial charge < -0.3 is 24.0 Å². The number of aryl methyl sites for hydroxylation is 1. The summed E-state index contributed by atoms with van der Waals surface area (Å²) in [6.07, 6.45) is 7.81. The zero-order chi connectivity index (χ0) is 26.2. The second kappa shape index (κ2) is 12.3. The average molecular weight is 504 g/mol. The number of likely N-dealkylation sites (tertiary alicyclic amines) is 1. The number of carbonyl (C=O) groups excluding carboxylic acids is 2. The van der Waals surface area contributed by atoms with E-state index in [1.807, 2.05) is 48.0 Å². The Kier molecular flexibility index (Phi) is 8.61. The van der Waals surface area contributed by atoms with Crippen molar-refractivity contribution < 1.29 is 24.2 Å². The standard InChI is InChI=1S/C29H33N3O5/c1-3-5-18-37-24-9-6-8-22(19-24)27(33)25-26(21-10-12-23(13-11-21)36-4-2)32(29(35)28(25)34)16-7-15-31-17-14-30-20-31/h6,8-14,17,19-20,26,33H,3-5,7,15-16,18H2,1-2H3. The summed E-state index contributed by atoms with van der Waals surface area (Å²) in [5, 5.41) is 11.4. The quantitative estimate of drug-likeness (QED) is 0.162. The first-order valence-corrected chi connectivity index (χ1v) is 12.7. The molecule has 1 saturated heterocycles. The van der Waals surface area contributed by atoms with E-state index in [0.717, 1.165) is 18.4 Å². The number of unbranched alkanes of at least 4 members (excludes halogenated alkanes) is 1. The Morgan fingerprint density at radius 3 is 2.51 bits per heavy atom. The van der Waals surface area contributed by atoms with Crippen LogP contribution in [-0.4, -0.2) is 51.0 Å². The molecule has 1 N–H and O–H groups in total. The van der Waals surface area contributed by atoms with Crippen LogP contribution in [0.2, 0.25) is 0 Å². The van der Waals surface area contributed by atoms with Crippen molar-refractivity contribution in [2.45, 2.75) is 45.7 Å². The molecule has 37 heavy (non-hydrogen) atoms. The van der Waals surface area contributed by atoms with Crippen molar-refractivity contribution in [3.63, 3.8) is 0 Å². The van der Waals surface area contributed by atoms with Gasteiger partial charge in [-0.05, 0) is 49.6 Å². The highest BCUT2D eigenvalue weighted by Gasteiger charge is 2.45. The zero-order valence-electron chi connectivity index (χ0n) is 21.3. The summed E-state index contributed by atoms with van der Waals surface area (Å²) >= 11 is 0. The Morgan fingerprint density at radius 2 is 1.81 bits per heavy atom. The van der Waals surface area contributed by atoms with Crippen LogP contribution in [0.25, 0.3) is 5.76 Å². The van der Waals surface area contributed by atoms with Gasteiger partial charge in [-0.15, -0.1) is 0 Å². The summed E-state index contributed by atoms with van der Waals surface area (Å²) in [7, 11) is 0. The van der Waals surface area contributed by atoms with Crippen molar-refractivity contribution in [3.05, 3.63) is 84.0 Å². The number of aliphatic hydroxyl groups excluding tert-OH is 1. The normalized spacial score (nSPS) is 16.8. The Morgan fingerprint density at radius 1 is 1.00 bits per heavy atom. The molecule has 3 aromatic rings. The molecule has 0 aliphatic carbocycles. The second-order valence-corrected chi connectivity index (χ2v) is 8.88. The number of benzene rings is 2. The highest BCUT2D eigenvalue weighted by Crippen LogP contribution is 2.40. The van der Waals surface area contributed by atoms with E-state index >= 15 is 0 Å². The summed E-state index contributed by atoms with van der Waals surface area (Å²) in [4.78, 5) is 32.1. The third-order valence-electron chi connectivity index (χ3n) is 6.30. The third-order valence-corrected chi connectivity index (χ3v) is 6.30. The molecule has 1 amide bonds. The Bertz CT molecular complexity index is 1230. The van der Waals surface area contributed by atoms with E-state index in [0.29, 0.717) is 49.8 Å². The Balaban J connectivity index is 1.69. The lowest BCUT2D eigenvalue weighted by Crippen LogP contribution is -2.31. The predicted molar refractivity (Wildman–Crippen MR) is 140 cm³/mol. The lowest BCUT2D eigenvalue weighted by atomic mass is 9.95. The smallest absolute Gasteiger partial charge is 0.295 e. The fourth-order valence-corrected chi connectivity index (χ4v) is 4.44. The largest absolute Gasteiger partial charge is 0.507 e. The maximum atomic E-state index is 13.3. The Labute approximate surface area is 217 Å². The number of aliphatic hydroxyl groups is 1. The number of hydrogen-bond donors (Lipinski definition) is 1. The van der Waals surface area contributed by atoms with Gasteiger partial charge in [0.15, 0.2) is 0 Å². The molecule has 1 aliphatic rings. The molecule has 1 unspecified atom stereocenters. The number of carbonyl (C=O) groups is 2. The molecule has 2 aromatic carbocycles. The Hall–Kier alpha value is -4.07. The van der Waals surface area contributed by atoms with E-state index in [2.05, 4.69) is 11.9 Å². The second-order valence-electron chi connectivity index (χ2n) is 8.88. The third kappa shape index (κ3) is 6.02. The van der Waals surface area contributed by atoms with Gasteiger partial charge in [-0.3, -0.25) is 9.59 Å². The molecule has 1 fully saturated rings. The van der Waals surface area contributed by atoms with Gasteiger partial charge in [-0.2, -0.15) is 0 Å². The molecule has 0 bridgehead atoms. The number of ether oxygens (including phenoxy) is 2. The molecule has 8 nitrogen and oxygen atoms in total. The van der Waals surface area contributed by atoms with Crippen molar-refractivity contribution in [1.29, 1.82) is 0 Å². The summed E-state index contributed by atoms with van der Waals surface area (Å²) in [6.45, 7) is 6.08. The maximum absolute atomic E-state index is 13.3. The topological polar surface area (TPSA) is 93.9 Å². The van der Waals surface area contributed by atoms with Crippen LogP contribution in [0.3, 0.4) is 0 Å². The van der Waals surface area contributed by atoms with Crippen molar-refractivity contribution in [1.82, 2.24) is 14.5 Å². The lowest BCUT2D eigenvalue weighted by Gasteiger charge is -2.25. The number of Topliss-reactive ketones (excluding diaryl/α,β-unsaturated/α-hetero) is 1. The summed E-state index contributed by atoms with van der Waals surface area (Å²) in [5.41, 5.74) is 1.23. The van der Waals surface area contributed by atoms with Gasteiger partial charge in [0, 0.05) is 31.0 Å². The van der Waals surface area contributed by atoms with E-state index < -0.39 is 17.7 Å². The van der Waals surface area contributed by atoms with Crippen LogP contribution in [0.15, 0.2) is 72.8 Å². The van der Waals surface area contributed by atoms with Crippen molar-refractivity contribution in [2.75, 3.05) is 19.8 Å². The minimum atomic E-state index is -0.719. The monoisotopic (exact) mass is 503 g/mol. The minimum absolute atomic E-state index is 0.0718. The lowest BCUT2D eigenvalue weighted by molar-refractivity contribution is -0.139. The van der Waals surface area contributed by atoms with E-state index in [4.69, 9.17) is 9.47 Å². The molecule has 0 saturated carbocycles. The molecule has 1 atom stereocenters. The first-order chi connectivity index (χ1) is 18.0. The molecule has 1 aliphatic heterocycles. The SMILES string of the molecule is CCCCOc1cccc(C(O)=C2C(=O)C(=O)N(CCCn3ccnc3)C2c2ccc(OCC)cc2)c1. The zero-order valence-corrected chi connectivity index (χ0v) is 21.3. The number of rotatable bonds is 12. The number of aromatic nitrogens is 2. The molecular formula is C29H33N3O5. The maximum Gasteiger partial charge on any atom is 0.295 e. The molecule has 194 valence electrons. The number of nitrogens with zero attached hydrogens (tertiary/aromatic N) is 3. The van der Waals surface area contributed by atoms with Gasteiger partial charge in [0.2, 0.25) is 0 Å². The number of hydrogen-bond acceptors (Lipinski definition) is 6. The number of ketones is 1. The van der Waals surface area contributed by atoms with Gasteiger partial charge in [-0.1, -0.05) is 37.6 Å². The van der Waals surface area contributed by atoms with Crippen LogP contribution in [-0.2, 0) is 16.1 Å². The van der Waals surface area contributed by atoms with Gasteiger partial charge in [0.1, 0.15) is 17.3 Å². The van der Waals surface area contributed by atoms with Crippen molar-refractivity contribution in [3.8, 4) is 11.5 Å². The molecule has 4 rings (SSSR count). The van der Waals surface area contributed by atoms with Gasteiger partial charge in [0.25, 0.3) is 11.7 Å². The van der Waals surface area contributed by atoms with Crippen LogP contribution in [0, 0.1) is 0 Å². The highest BCUT2D eigenvalue weighted by atomic mass is 16.5. The number of amides is 1. The van der Waals surface area contributed by atoms with E-state index in [1.54, 1.807) is 35.6 Å². The first-order valence-electron chi connectivity index (χ1n) is 12.7. The van der Waals surface area contributed by atoms with Crippen LogP contribution >= 0.6 is 0 Å². The van der Waals surface area contributed by atoms with Crippen LogP contribution in [0.5, 0.6) is 11.5 Å². The molecular weight excluding hydrogens is 470 g/mol. The first kappa shape index (κ1) is 26.0. The van der Waals surface area contributed by atoms with Crippen molar-refractivity contribution in [2.24, 2.45) is 0 Å². The van der Waals surface area contributed by atoms with Crippen LogP contribution < -0.4 is 9.47 Å². The summed E-state index contributed by atoms with van der Waals surface area (Å²) in [6, 6.07) is 13.6. The summed E-state index contributed by atoms with van der Waals surface area (Å²) in [5.74, 6) is -0.238. The average Bonchev–Trinajstić information content (AvgIpc) is 3.52. The molecule has 0 radical (unpaired) electrons. The fraction of sp³-hybridized carbons (Fsp3) is 0.345. The van der Waals surface area contributed by atoms with Gasteiger partial charge >= 0.3 is 0 Å². The molecule has 8 heteroatoms. The van der Waals surface area contributed by atoms with E-state index in [-0.39, 0.29) is 11.3 Å². The number of imidazole rings is 1. The fourth-order valence-electron chi connectivity index (χ4n) is 4.44. The van der Waals surface area contributed by atoms with E-state index in [9.17, 15) is 14.7 Å². The highest BCUT2D eigenvalue weighted by molar-refractivity contribution is 6.46. The summed E-state index contributed by atoms with van der Waals surface area (Å²) < 4.78 is 13.3. The van der Waals surface area contributed by atoms with Gasteiger partial charge in [0.05, 0.1) is 31.2 Å². The van der Waals surface area contributed by atoms with Gasteiger partial charge in [-0.25, -0.2) is 4.98 Å². The van der Waals surface area contributed by atoms with E-state index in [1.165, 1.54) is 0 Å². The van der Waals surface area contributed by atoms with Crippen LogP contribution in [0.1, 0.15) is 50.3 Å². The molecule has 1 aromatic heterocycles. The van der Waals surface area contributed by atoms with Crippen LogP contribution in [0.4, 0.5) is 0 Å². The molecule has 0 spiro atoms.